The van der Waals surface area contributed by atoms with E-state index in [-0.39, 0.29) is 12.5 Å². The quantitative estimate of drug-likeness (QED) is 0.865. The van der Waals surface area contributed by atoms with Gasteiger partial charge in [0.2, 0.25) is 5.91 Å². The lowest BCUT2D eigenvalue weighted by atomic mass is 9.88. The van der Waals surface area contributed by atoms with Crippen LogP contribution in [0, 0.1) is 5.92 Å². The van der Waals surface area contributed by atoms with Gasteiger partial charge in [-0.25, -0.2) is 0 Å². The summed E-state index contributed by atoms with van der Waals surface area (Å²) in [6.07, 6.45) is 9.99. The van der Waals surface area contributed by atoms with Crippen molar-refractivity contribution in [3.05, 3.63) is 0 Å². The molecule has 0 radical (unpaired) electrons. The van der Waals surface area contributed by atoms with Crippen LogP contribution in [-0.2, 0) is 9.53 Å². The van der Waals surface area contributed by atoms with Crippen LogP contribution in [0.3, 0.4) is 0 Å². The molecule has 1 N–H and O–H groups in total. The third-order valence-electron chi connectivity index (χ3n) is 5.84. The van der Waals surface area contributed by atoms with Crippen LogP contribution >= 0.6 is 0 Å². The van der Waals surface area contributed by atoms with E-state index in [1.54, 1.807) is 0 Å². The second-order valence-corrected chi connectivity index (χ2v) is 7.38. The minimum absolute atomic E-state index is 0.166. The molecule has 2 aliphatic heterocycles. The van der Waals surface area contributed by atoms with E-state index >= 15 is 0 Å². The molecule has 4 unspecified atom stereocenters. The lowest BCUT2D eigenvalue weighted by Crippen LogP contribution is -2.49. The molecule has 0 aromatic carbocycles. The SMILES string of the molecule is CC1CCCCC1OCC(=O)N(C)C1CC2CCC(C1)N2. The molecule has 21 heavy (non-hydrogen) atoms. The standard InChI is InChI=1S/C17H30N2O2/c1-12-5-3-4-6-16(12)21-11-17(20)19(2)15-9-13-7-8-14(10-15)18-13/h12-16,18H,3-11H2,1-2H3. The van der Waals surface area contributed by atoms with Crippen molar-refractivity contribution in [2.75, 3.05) is 13.7 Å². The topological polar surface area (TPSA) is 41.6 Å². The van der Waals surface area contributed by atoms with Gasteiger partial charge in [0, 0.05) is 25.2 Å². The largest absolute Gasteiger partial charge is 0.368 e. The second-order valence-electron chi connectivity index (χ2n) is 7.38. The van der Waals surface area contributed by atoms with Crippen molar-refractivity contribution >= 4 is 5.91 Å². The molecular weight excluding hydrogens is 264 g/mol. The highest BCUT2D eigenvalue weighted by molar-refractivity contribution is 5.77. The summed E-state index contributed by atoms with van der Waals surface area (Å²) in [5.74, 6) is 0.769. The fourth-order valence-electron chi connectivity index (χ4n) is 4.36. The molecule has 2 saturated heterocycles. The number of carbonyl (C=O) groups is 1. The summed E-state index contributed by atoms with van der Waals surface area (Å²) in [5, 5.41) is 3.63. The van der Waals surface area contributed by atoms with Gasteiger partial charge in [-0.05, 0) is 44.4 Å². The molecular formula is C17H30N2O2. The Morgan fingerprint density at radius 3 is 2.48 bits per heavy atom. The van der Waals surface area contributed by atoms with E-state index in [9.17, 15) is 4.79 Å². The van der Waals surface area contributed by atoms with E-state index in [1.165, 1.54) is 32.1 Å². The molecule has 1 saturated carbocycles. The van der Waals surface area contributed by atoms with Gasteiger partial charge in [-0.1, -0.05) is 19.8 Å². The Morgan fingerprint density at radius 1 is 1.14 bits per heavy atom. The molecule has 3 rings (SSSR count). The Morgan fingerprint density at radius 2 is 1.81 bits per heavy atom. The number of hydrogen-bond acceptors (Lipinski definition) is 3. The van der Waals surface area contributed by atoms with Crippen LogP contribution in [0.2, 0.25) is 0 Å². The second kappa shape index (κ2) is 6.66. The maximum Gasteiger partial charge on any atom is 0.248 e. The lowest BCUT2D eigenvalue weighted by Gasteiger charge is -2.36. The van der Waals surface area contributed by atoms with Gasteiger partial charge in [-0.15, -0.1) is 0 Å². The van der Waals surface area contributed by atoms with Crippen molar-refractivity contribution in [1.82, 2.24) is 10.2 Å². The minimum Gasteiger partial charge on any atom is -0.368 e. The summed E-state index contributed by atoms with van der Waals surface area (Å²) in [7, 11) is 1.96. The van der Waals surface area contributed by atoms with Crippen molar-refractivity contribution < 1.29 is 9.53 Å². The van der Waals surface area contributed by atoms with E-state index in [0.717, 1.165) is 19.3 Å². The van der Waals surface area contributed by atoms with Crippen molar-refractivity contribution in [2.45, 2.75) is 82.5 Å². The molecule has 0 aromatic rings. The number of likely N-dealkylation sites (N-methyl/N-ethyl adjacent to an activating group) is 1. The summed E-state index contributed by atoms with van der Waals surface area (Å²) in [5.41, 5.74) is 0. The van der Waals surface area contributed by atoms with E-state index in [4.69, 9.17) is 4.74 Å². The first-order valence-corrected chi connectivity index (χ1v) is 8.77. The first-order valence-electron chi connectivity index (χ1n) is 8.77. The molecule has 120 valence electrons. The first kappa shape index (κ1) is 15.3. The smallest absolute Gasteiger partial charge is 0.248 e. The minimum atomic E-state index is 0.166. The number of fused-ring (bicyclic) bond motifs is 2. The average molecular weight is 294 g/mol. The summed E-state index contributed by atoms with van der Waals surface area (Å²) >= 11 is 0. The normalized spacial score (nSPS) is 39.2. The van der Waals surface area contributed by atoms with Gasteiger partial charge >= 0.3 is 0 Å². The number of carbonyl (C=O) groups excluding carboxylic acids is 1. The molecule has 1 amide bonds. The predicted octanol–water partition coefficient (Wildman–Crippen LogP) is 2.32. The maximum absolute atomic E-state index is 12.4. The molecule has 0 aromatic heterocycles. The highest BCUT2D eigenvalue weighted by atomic mass is 16.5. The summed E-state index contributed by atoms with van der Waals surface area (Å²) in [6, 6.07) is 1.66. The number of nitrogens with zero attached hydrogens (tertiary/aromatic N) is 1. The van der Waals surface area contributed by atoms with E-state index in [1.807, 2.05) is 11.9 Å². The van der Waals surface area contributed by atoms with Crippen LogP contribution in [0.25, 0.3) is 0 Å². The van der Waals surface area contributed by atoms with Crippen molar-refractivity contribution in [3.63, 3.8) is 0 Å². The monoisotopic (exact) mass is 294 g/mol. The van der Waals surface area contributed by atoms with Gasteiger partial charge in [0.15, 0.2) is 0 Å². The third-order valence-corrected chi connectivity index (χ3v) is 5.84. The Hall–Kier alpha value is -0.610. The zero-order valence-corrected chi connectivity index (χ0v) is 13.5. The molecule has 1 aliphatic carbocycles. The van der Waals surface area contributed by atoms with E-state index < -0.39 is 0 Å². The van der Waals surface area contributed by atoms with Crippen LogP contribution < -0.4 is 5.32 Å². The number of rotatable bonds is 4. The molecule has 0 spiro atoms. The Kier molecular flexibility index (Phi) is 4.85. The summed E-state index contributed by atoms with van der Waals surface area (Å²) in [6.45, 7) is 2.52. The number of amides is 1. The average Bonchev–Trinajstić information content (AvgIpc) is 2.83. The molecule has 2 bridgehead atoms. The predicted molar refractivity (Wildman–Crippen MR) is 83.1 cm³/mol. The zero-order chi connectivity index (χ0) is 14.8. The van der Waals surface area contributed by atoms with Crippen LogP contribution in [0.5, 0.6) is 0 Å². The number of hydrogen-bond donors (Lipinski definition) is 1. The molecule has 4 heteroatoms. The van der Waals surface area contributed by atoms with Crippen LogP contribution in [0.15, 0.2) is 0 Å². The van der Waals surface area contributed by atoms with Crippen molar-refractivity contribution in [2.24, 2.45) is 5.92 Å². The van der Waals surface area contributed by atoms with E-state index in [0.29, 0.717) is 30.1 Å². The van der Waals surface area contributed by atoms with Gasteiger partial charge in [0.05, 0.1) is 6.10 Å². The number of piperidine rings is 1. The van der Waals surface area contributed by atoms with E-state index in [2.05, 4.69) is 12.2 Å². The van der Waals surface area contributed by atoms with Crippen LogP contribution in [0.1, 0.15) is 58.3 Å². The highest BCUT2D eigenvalue weighted by Crippen LogP contribution is 2.30. The molecule has 2 heterocycles. The Bertz CT molecular complexity index is 362. The summed E-state index contributed by atoms with van der Waals surface area (Å²) in [4.78, 5) is 14.4. The van der Waals surface area contributed by atoms with Crippen LogP contribution in [-0.4, -0.2) is 48.7 Å². The molecule has 4 atom stereocenters. The molecule has 3 fully saturated rings. The molecule has 3 aliphatic rings. The van der Waals surface area contributed by atoms with Gasteiger partial charge in [0.25, 0.3) is 0 Å². The van der Waals surface area contributed by atoms with Crippen LogP contribution in [0.4, 0.5) is 0 Å². The van der Waals surface area contributed by atoms with Crippen molar-refractivity contribution in [3.8, 4) is 0 Å². The fraction of sp³-hybridized carbons (Fsp3) is 0.941. The summed E-state index contributed by atoms with van der Waals surface area (Å²) < 4.78 is 5.93. The van der Waals surface area contributed by atoms with Gasteiger partial charge in [-0.3, -0.25) is 4.79 Å². The highest BCUT2D eigenvalue weighted by Gasteiger charge is 2.36. The Labute approximate surface area is 128 Å². The number of nitrogens with one attached hydrogen (secondary N) is 1. The maximum atomic E-state index is 12.4. The first-order chi connectivity index (χ1) is 10.1. The zero-order valence-electron chi connectivity index (χ0n) is 13.5. The van der Waals surface area contributed by atoms with Crippen molar-refractivity contribution in [1.29, 1.82) is 0 Å². The Balaban J connectivity index is 1.46. The molecule has 4 nitrogen and oxygen atoms in total. The lowest BCUT2D eigenvalue weighted by molar-refractivity contribution is -0.141. The van der Waals surface area contributed by atoms with Gasteiger partial charge < -0.3 is 15.0 Å². The van der Waals surface area contributed by atoms with Gasteiger partial charge in [-0.2, -0.15) is 0 Å². The number of ether oxygens (including phenoxy) is 1. The third kappa shape index (κ3) is 3.59. The fourth-order valence-corrected chi connectivity index (χ4v) is 4.36. The van der Waals surface area contributed by atoms with Gasteiger partial charge in [0.1, 0.15) is 6.61 Å².